The Labute approximate surface area is 133 Å². The first-order chi connectivity index (χ1) is 10.4. The Hall–Kier alpha value is -1.87. The summed E-state index contributed by atoms with van der Waals surface area (Å²) in [6.07, 6.45) is 0.573. The lowest BCUT2D eigenvalue weighted by atomic mass is 10.0. The highest BCUT2D eigenvalue weighted by molar-refractivity contribution is 5.99. The Kier molecular flexibility index (Phi) is 5.19. The van der Waals surface area contributed by atoms with E-state index in [2.05, 4.69) is 54.5 Å². The number of hydrogen-bond acceptors (Lipinski definition) is 2. The van der Waals surface area contributed by atoms with Gasteiger partial charge in [-0.05, 0) is 46.0 Å². The van der Waals surface area contributed by atoms with E-state index in [1.54, 1.807) is 0 Å². The molecule has 118 valence electrons. The number of carbonyl (C=O) groups is 1. The summed E-state index contributed by atoms with van der Waals surface area (Å²) in [5, 5.41) is 0. The summed E-state index contributed by atoms with van der Waals surface area (Å²) in [4.78, 5) is 14.6. The van der Waals surface area contributed by atoms with Crippen LogP contribution in [0.5, 0.6) is 0 Å². The van der Waals surface area contributed by atoms with Crippen molar-refractivity contribution in [3.05, 3.63) is 58.4 Å². The minimum Gasteiger partial charge on any atom is -0.344 e. The van der Waals surface area contributed by atoms with Crippen LogP contribution < -0.4 is 0 Å². The monoisotopic (exact) mass is 298 g/mol. The Morgan fingerprint density at radius 2 is 1.68 bits per heavy atom. The van der Waals surface area contributed by atoms with Crippen molar-refractivity contribution in [2.24, 2.45) is 0 Å². The Balaban J connectivity index is 2.30. The van der Waals surface area contributed by atoms with E-state index in [-0.39, 0.29) is 5.78 Å². The maximum absolute atomic E-state index is 12.6. The van der Waals surface area contributed by atoms with Gasteiger partial charge < -0.3 is 9.47 Å². The van der Waals surface area contributed by atoms with Crippen molar-refractivity contribution in [2.45, 2.75) is 33.7 Å². The molecule has 0 saturated heterocycles. The quantitative estimate of drug-likeness (QED) is 0.761. The minimum absolute atomic E-state index is 0.249. The zero-order chi connectivity index (χ0) is 16.3. The Morgan fingerprint density at radius 1 is 1.05 bits per heavy atom. The van der Waals surface area contributed by atoms with Gasteiger partial charge in [-0.3, -0.25) is 4.79 Å². The number of ketones is 1. The van der Waals surface area contributed by atoms with Gasteiger partial charge in [0.15, 0.2) is 5.78 Å². The van der Waals surface area contributed by atoms with Crippen LogP contribution in [-0.2, 0) is 6.54 Å². The minimum atomic E-state index is 0.249. The van der Waals surface area contributed by atoms with E-state index in [0.29, 0.717) is 6.42 Å². The number of hydrogen-bond donors (Lipinski definition) is 0. The largest absolute Gasteiger partial charge is 0.344 e. The van der Waals surface area contributed by atoms with Gasteiger partial charge in [0, 0.05) is 36.5 Å². The van der Waals surface area contributed by atoms with Crippen LogP contribution in [0.4, 0.5) is 0 Å². The molecule has 0 aliphatic carbocycles. The number of Topliss-reactive ketones (excluding diaryl/α,β-unsaturated/α-hetero) is 1. The molecular formula is C19H26N2O. The normalized spacial score (nSPS) is 11.2. The zero-order valence-electron chi connectivity index (χ0n) is 14.3. The molecule has 0 unspecified atom stereocenters. The number of benzene rings is 1. The maximum Gasteiger partial charge on any atom is 0.166 e. The van der Waals surface area contributed by atoms with Gasteiger partial charge in [-0.2, -0.15) is 0 Å². The van der Waals surface area contributed by atoms with Crippen molar-refractivity contribution >= 4 is 5.78 Å². The fourth-order valence-electron chi connectivity index (χ4n) is 2.91. The van der Waals surface area contributed by atoms with E-state index in [0.717, 1.165) is 29.9 Å². The SMILES string of the molecule is Cc1c(C(=O)CCN(C)C)c(C)n(Cc2ccccc2)c1C. The van der Waals surface area contributed by atoms with Crippen molar-refractivity contribution < 1.29 is 4.79 Å². The second-order valence-corrected chi connectivity index (χ2v) is 6.22. The van der Waals surface area contributed by atoms with Crippen molar-refractivity contribution in [1.82, 2.24) is 9.47 Å². The Bertz CT molecular complexity index is 654. The van der Waals surface area contributed by atoms with Gasteiger partial charge in [0.2, 0.25) is 0 Å². The van der Waals surface area contributed by atoms with Crippen molar-refractivity contribution in [3.8, 4) is 0 Å². The summed E-state index contributed by atoms with van der Waals surface area (Å²) in [6, 6.07) is 10.4. The molecule has 3 nitrogen and oxygen atoms in total. The number of rotatable bonds is 6. The average molecular weight is 298 g/mol. The summed E-state index contributed by atoms with van der Waals surface area (Å²) in [6.45, 7) is 7.84. The van der Waals surface area contributed by atoms with Crippen LogP contribution in [-0.4, -0.2) is 35.9 Å². The van der Waals surface area contributed by atoms with Gasteiger partial charge >= 0.3 is 0 Å². The molecule has 1 aromatic heterocycles. The molecule has 2 rings (SSSR count). The van der Waals surface area contributed by atoms with Crippen molar-refractivity contribution in [1.29, 1.82) is 0 Å². The molecule has 0 aliphatic rings. The average Bonchev–Trinajstić information content (AvgIpc) is 2.70. The molecule has 0 atom stereocenters. The summed E-state index contributed by atoms with van der Waals surface area (Å²) in [5.41, 5.74) is 5.57. The number of carbonyl (C=O) groups excluding carboxylic acids is 1. The van der Waals surface area contributed by atoms with Gasteiger partial charge in [-0.15, -0.1) is 0 Å². The molecule has 0 bridgehead atoms. The topological polar surface area (TPSA) is 25.2 Å². The third-order valence-electron chi connectivity index (χ3n) is 4.34. The first-order valence-corrected chi connectivity index (χ1v) is 7.80. The van der Waals surface area contributed by atoms with Gasteiger partial charge in [0.1, 0.15) is 0 Å². The highest BCUT2D eigenvalue weighted by atomic mass is 16.1. The molecule has 0 saturated carbocycles. The standard InChI is InChI=1S/C19H26N2O/c1-14-15(2)21(13-17-9-7-6-8-10-17)16(3)19(14)18(22)11-12-20(4)5/h6-10H,11-13H2,1-5H3. The maximum atomic E-state index is 12.6. The zero-order valence-corrected chi connectivity index (χ0v) is 14.3. The first-order valence-electron chi connectivity index (χ1n) is 7.80. The van der Waals surface area contributed by atoms with E-state index in [1.807, 2.05) is 20.2 Å². The predicted molar refractivity (Wildman–Crippen MR) is 91.7 cm³/mol. The highest BCUT2D eigenvalue weighted by Gasteiger charge is 2.20. The molecule has 0 fully saturated rings. The smallest absolute Gasteiger partial charge is 0.166 e. The Morgan fingerprint density at radius 3 is 2.27 bits per heavy atom. The molecule has 0 spiro atoms. The van der Waals surface area contributed by atoms with Gasteiger partial charge in [0.05, 0.1) is 0 Å². The van der Waals surface area contributed by atoms with E-state index >= 15 is 0 Å². The molecule has 3 heteroatoms. The summed E-state index contributed by atoms with van der Waals surface area (Å²) in [7, 11) is 4.00. The molecule has 22 heavy (non-hydrogen) atoms. The van der Waals surface area contributed by atoms with Gasteiger partial charge in [-0.25, -0.2) is 0 Å². The molecule has 0 amide bonds. The summed E-state index contributed by atoms with van der Waals surface area (Å²) >= 11 is 0. The first kappa shape index (κ1) is 16.5. The molecule has 1 aromatic carbocycles. The van der Waals surface area contributed by atoms with Crippen LogP contribution in [0.1, 0.15) is 39.3 Å². The van der Waals surface area contributed by atoms with Gasteiger partial charge in [0.25, 0.3) is 0 Å². The molecule has 0 radical (unpaired) electrons. The fourth-order valence-corrected chi connectivity index (χ4v) is 2.91. The third kappa shape index (κ3) is 3.47. The lowest BCUT2D eigenvalue weighted by Gasteiger charge is -2.11. The molecule has 0 aliphatic heterocycles. The van der Waals surface area contributed by atoms with Crippen LogP contribution >= 0.6 is 0 Å². The van der Waals surface area contributed by atoms with E-state index in [1.165, 1.54) is 11.3 Å². The highest BCUT2D eigenvalue weighted by Crippen LogP contribution is 2.24. The molecule has 0 N–H and O–H groups in total. The number of nitrogens with zero attached hydrogens (tertiary/aromatic N) is 2. The molecule has 1 heterocycles. The lowest BCUT2D eigenvalue weighted by Crippen LogP contribution is -2.17. The van der Waals surface area contributed by atoms with Gasteiger partial charge in [-0.1, -0.05) is 30.3 Å². The van der Waals surface area contributed by atoms with E-state index in [9.17, 15) is 4.79 Å². The molecular weight excluding hydrogens is 272 g/mol. The molecule has 2 aromatic rings. The van der Waals surface area contributed by atoms with Crippen LogP contribution in [0, 0.1) is 20.8 Å². The van der Waals surface area contributed by atoms with Crippen LogP contribution in [0.15, 0.2) is 30.3 Å². The predicted octanol–water partition coefficient (Wildman–Crippen LogP) is 3.60. The summed E-state index contributed by atoms with van der Waals surface area (Å²) < 4.78 is 2.26. The fraction of sp³-hybridized carbons (Fsp3) is 0.421. The third-order valence-corrected chi connectivity index (χ3v) is 4.34. The van der Waals surface area contributed by atoms with Crippen LogP contribution in [0.25, 0.3) is 0 Å². The van der Waals surface area contributed by atoms with E-state index in [4.69, 9.17) is 0 Å². The number of aromatic nitrogens is 1. The second kappa shape index (κ2) is 6.93. The summed E-state index contributed by atoms with van der Waals surface area (Å²) in [5.74, 6) is 0.249. The van der Waals surface area contributed by atoms with Crippen LogP contribution in [0.3, 0.4) is 0 Å². The lowest BCUT2D eigenvalue weighted by molar-refractivity contribution is 0.0971. The van der Waals surface area contributed by atoms with Crippen molar-refractivity contribution in [2.75, 3.05) is 20.6 Å². The van der Waals surface area contributed by atoms with Crippen molar-refractivity contribution in [3.63, 3.8) is 0 Å². The second-order valence-electron chi connectivity index (χ2n) is 6.22. The van der Waals surface area contributed by atoms with E-state index < -0.39 is 0 Å². The van der Waals surface area contributed by atoms with Crippen LogP contribution in [0.2, 0.25) is 0 Å².